The molecule has 5 nitrogen and oxygen atoms in total. The summed E-state index contributed by atoms with van der Waals surface area (Å²) in [4.78, 5) is 23.1. The Labute approximate surface area is 82.6 Å². The molecule has 0 aromatic rings. The Morgan fingerprint density at radius 3 is 2.43 bits per heavy atom. The number of carboxylic acids is 1. The molecular formula is C9H15NO4. The number of hydrogen-bond acceptors (Lipinski definition) is 3. The van der Waals surface area contributed by atoms with Crippen LogP contribution in [0.5, 0.6) is 0 Å². The second kappa shape index (κ2) is 3.96. The monoisotopic (exact) mass is 201 g/mol. The molecule has 1 aliphatic heterocycles. The molecule has 1 N–H and O–H groups in total. The molecule has 0 saturated carbocycles. The van der Waals surface area contributed by atoms with Crippen molar-refractivity contribution in [3.8, 4) is 0 Å². The number of aliphatic carboxylic acids is 1. The minimum absolute atomic E-state index is 0.0364. The van der Waals surface area contributed by atoms with E-state index in [0.29, 0.717) is 19.7 Å². The molecule has 0 unspecified atom stereocenters. The first-order valence-corrected chi connectivity index (χ1v) is 4.60. The van der Waals surface area contributed by atoms with E-state index in [0.717, 1.165) is 0 Å². The summed E-state index contributed by atoms with van der Waals surface area (Å²) in [5.74, 6) is -0.924. The third-order valence-electron chi connectivity index (χ3n) is 2.33. The quantitative estimate of drug-likeness (QED) is 0.700. The Morgan fingerprint density at radius 1 is 1.50 bits per heavy atom. The summed E-state index contributed by atoms with van der Waals surface area (Å²) >= 11 is 0. The molecule has 0 bridgehead atoms. The minimum atomic E-state index is -0.887. The molecule has 1 aliphatic rings. The lowest BCUT2D eigenvalue weighted by Gasteiger charge is -2.48. The smallest absolute Gasteiger partial charge is 0.306 e. The zero-order valence-electron chi connectivity index (χ0n) is 8.45. The highest BCUT2D eigenvalue weighted by Crippen LogP contribution is 2.28. The molecule has 1 fully saturated rings. The van der Waals surface area contributed by atoms with E-state index < -0.39 is 11.6 Å². The Morgan fingerprint density at radius 2 is 2.07 bits per heavy atom. The van der Waals surface area contributed by atoms with Gasteiger partial charge in [-0.05, 0) is 6.92 Å². The Balaban J connectivity index is 2.52. The Bertz CT molecular complexity index is 245. The van der Waals surface area contributed by atoms with Gasteiger partial charge in [-0.2, -0.15) is 0 Å². The molecular weight excluding hydrogens is 186 g/mol. The van der Waals surface area contributed by atoms with Crippen molar-refractivity contribution in [2.75, 3.05) is 19.7 Å². The van der Waals surface area contributed by atoms with E-state index in [1.165, 1.54) is 6.92 Å². The summed E-state index contributed by atoms with van der Waals surface area (Å²) in [6.45, 7) is 4.54. The first-order valence-electron chi connectivity index (χ1n) is 4.60. The van der Waals surface area contributed by atoms with Crippen LogP contribution in [-0.2, 0) is 14.3 Å². The van der Waals surface area contributed by atoms with Crippen LogP contribution in [0.1, 0.15) is 20.3 Å². The van der Waals surface area contributed by atoms with Gasteiger partial charge in [0.2, 0.25) is 5.91 Å². The molecule has 1 saturated heterocycles. The summed E-state index contributed by atoms with van der Waals surface area (Å²) in [5.41, 5.74) is -0.647. The molecule has 14 heavy (non-hydrogen) atoms. The van der Waals surface area contributed by atoms with Gasteiger partial charge in [0.15, 0.2) is 0 Å². The van der Waals surface area contributed by atoms with Gasteiger partial charge in [-0.3, -0.25) is 9.59 Å². The molecule has 0 radical (unpaired) electrons. The maximum atomic E-state index is 10.9. The minimum Gasteiger partial charge on any atom is -0.481 e. The van der Waals surface area contributed by atoms with Crippen LogP contribution in [0.4, 0.5) is 0 Å². The first-order chi connectivity index (χ1) is 6.49. The summed E-state index contributed by atoms with van der Waals surface area (Å²) in [6, 6.07) is 0. The van der Waals surface area contributed by atoms with Crippen LogP contribution < -0.4 is 0 Å². The standard InChI is InChI=1S/C9H15NO4/c1-3-14-9(4-8(12)13)5-10(6-9)7(2)11/h3-6H2,1-2H3,(H,12,13). The van der Waals surface area contributed by atoms with Gasteiger partial charge in [0.05, 0.1) is 19.5 Å². The third kappa shape index (κ3) is 2.23. The number of amides is 1. The van der Waals surface area contributed by atoms with Crippen LogP contribution in [0, 0.1) is 0 Å². The maximum Gasteiger partial charge on any atom is 0.306 e. The highest BCUT2D eigenvalue weighted by atomic mass is 16.5. The van der Waals surface area contributed by atoms with Crippen molar-refractivity contribution in [2.24, 2.45) is 0 Å². The van der Waals surface area contributed by atoms with Crippen molar-refractivity contribution < 1.29 is 19.4 Å². The van der Waals surface area contributed by atoms with E-state index in [4.69, 9.17) is 9.84 Å². The molecule has 0 spiro atoms. The average Bonchev–Trinajstić information content (AvgIpc) is 1.97. The summed E-state index contributed by atoms with van der Waals surface area (Å²) in [5, 5.41) is 8.68. The number of rotatable bonds is 4. The van der Waals surface area contributed by atoms with Gasteiger partial charge < -0.3 is 14.7 Å². The van der Waals surface area contributed by atoms with E-state index >= 15 is 0 Å². The zero-order chi connectivity index (χ0) is 10.8. The highest BCUT2D eigenvalue weighted by Gasteiger charge is 2.46. The van der Waals surface area contributed by atoms with Crippen LogP contribution in [0.3, 0.4) is 0 Å². The van der Waals surface area contributed by atoms with E-state index in [1.54, 1.807) is 4.90 Å². The molecule has 1 amide bonds. The van der Waals surface area contributed by atoms with Gasteiger partial charge >= 0.3 is 5.97 Å². The fraction of sp³-hybridized carbons (Fsp3) is 0.778. The number of likely N-dealkylation sites (tertiary alicyclic amines) is 1. The molecule has 5 heteroatoms. The Hall–Kier alpha value is -1.10. The fourth-order valence-electron chi connectivity index (χ4n) is 1.71. The van der Waals surface area contributed by atoms with Crippen molar-refractivity contribution in [3.63, 3.8) is 0 Å². The summed E-state index contributed by atoms with van der Waals surface area (Å²) < 4.78 is 5.38. The number of carbonyl (C=O) groups excluding carboxylic acids is 1. The number of nitrogens with zero attached hydrogens (tertiary/aromatic N) is 1. The van der Waals surface area contributed by atoms with Gasteiger partial charge in [-0.1, -0.05) is 0 Å². The lowest BCUT2D eigenvalue weighted by molar-refractivity contribution is -0.176. The zero-order valence-corrected chi connectivity index (χ0v) is 8.45. The van der Waals surface area contributed by atoms with E-state index in [9.17, 15) is 9.59 Å². The van der Waals surface area contributed by atoms with Crippen LogP contribution in [0.15, 0.2) is 0 Å². The van der Waals surface area contributed by atoms with Crippen molar-refractivity contribution in [3.05, 3.63) is 0 Å². The number of hydrogen-bond donors (Lipinski definition) is 1. The fourth-order valence-corrected chi connectivity index (χ4v) is 1.71. The topological polar surface area (TPSA) is 66.8 Å². The number of carboxylic acid groups (broad SMARTS) is 1. The van der Waals surface area contributed by atoms with Crippen LogP contribution in [0.2, 0.25) is 0 Å². The normalized spacial score (nSPS) is 18.9. The molecule has 1 heterocycles. The molecule has 0 aromatic heterocycles. The summed E-state index contributed by atoms with van der Waals surface area (Å²) in [7, 11) is 0. The predicted octanol–water partition coefficient (Wildman–Crippen LogP) is 0.0985. The van der Waals surface area contributed by atoms with Gasteiger partial charge in [-0.15, -0.1) is 0 Å². The molecule has 1 rings (SSSR count). The lowest BCUT2D eigenvalue weighted by Crippen LogP contribution is -2.65. The van der Waals surface area contributed by atoms with Gasteiger partial charge in [-0.25, -0.2) is 0 Å². The largest absolute Gasteiger partial charge is 0.481 e. The van der Waals surface area contributed by atoms with Crippen molar-refractivity contribution >= 4 is 11.9 Å². The van der Waals surface area contributed by atoms with Gasteiger partial charge in [0.25, 0.3) is 0 Å². The average molecular weight is 201 g/mol. The second-order valence-electron chi connectivity index (χ2n) is 3.56. The van der Waals surface area contributed by atoms with E-state index in [1.807, 2.05) is 6.92 Å². The predicted molar refractivity (Wildman–Crippen MR) is 48.9 cm³/mol. The maximum absolute atomic E-state index is 10.9. The molecule has 0 aliphatic carbocycles. The summed E-state index contributed by atoms with van der Waals surface area (Å²) in [6.07, 6.45) is -0.0371. The van der Waals surface area contributed by atoms with Crippen molar-refractivity contribution in [1.82, 2.24) is 4.90 Å². The SMILES string of the molecule is CCOC1(CC(=O)O)CN(C(C)=O)C1. The number of carbonyl (C=O) groups is 2. The Kier molecular flexibility index (Phi) is 3.10. The van der Waals surface area contributed by atoms with E-state index in [2.05, 4.69) is 0 Å². The van der Waals surface area contributed by atoms with E-state index in [-0.39, 0.29) is 12.3 Å². The van der Waals surface area contributed by atoms with Crippen molar-refractivity contribution in [2.45, 2.75) is 25.9 Å². The van der Waals surface area contributed by atoms with Crippen LogP contribution in [-0.4, -0.2) is 47.2 Å². The lowest BCUT2D eigenvalue weighted by atomic mass is 9.90. The van der Waals surface area contributed by atoms with Crippen LogP contribution in [0.25, 0.3) is 0 Å². The van der Waals surface area contributed by atoms with Gasteiger partial charge in [0.1, 0.15) is 5.60 Å². The second-order valence-corrected chi connectivity index (χ2v) is 3.56. The molecule has 0 atom stereocenters. The van der Waals surface area contributed by atoms with Gasteiger partial charge in [0, 0.05) is 13.5 Å². The highest BCUT2D eigenvalue weighted by molar-refractivity contribution is 5.76. The third-order valence-corrected chi connectivity index (χ3v) is 2.33. The van der Waals surface area contributed by atoms with Crippen LogP contribution >= 0.6 is 0 Å². The number of ether oxygens (including phenoxy) is 1. The molecule has 0 aromatic carbocycles. The molecule has 80 valence electrons. The van der Waals surface area contributed by atoms with Crippen molar-refractivity contribution in [1.29, 1.82) is 0 Å². The first kappa shape index (κ1) is 11.0.